The van der Waals surface area contributed by atoms with E-state index in [4.69, 9.17) is 4.74 Å². The maximum atomic E-state index is 11.5. The topological polar surface area (TPSA) is 38.3 Å². The second-order valence-corrected chi connectivity index (χ2v) is 4.91. The minimum Gasteiger partial charge on any atom is -0.465 e. The summed E-state index contributed by atoms with van der Waals surface area (Å²) in [5.41, 5.74) is 1.63. The molecule has 1 saturated carbocycles. The number of esters is 1. The maximum absolute atomic E-state index is 11.5. The van der Waals surface area contributed by atoms with E-state index >= 15 is 0 Å². The van der Waals surface area contributed by atoms with Crippen molar-refractivity contribution >= 4 is 11.7 Å². The first-order valence-electron chi connectivity index (χ1n) is 6.74. The average molecular weight is 247 g/mol. The van der Waals surface area contributed by atoms with Gasteiger partial charge in [-0.2, -0.15) is 0 Å². The van der Waals surface area contributed by atoms with Gasteiger partial charge in [-0.15, -0.1) is 0 Å². The molecular formula is C15H21NO2. The van der Waals surface area contributed by atoms with Crippen LogP contribution in [0.1, 0.15) is 48.9 Å². The van der Waals surface area contributed by atoms with E-state index in [2.05, 4.69) is 5.32 Å². The third kappa shape index (κ3) is 3.49. The Morgan fingerprint density at radius 1 is 1.22 bits per heavy atom. The van der Waals surface area contributed by atoms with Crippen molar-refractivity contribution in [2.75, 3.05) is 12.4 Å². The normalized spacial score (nSPS) is 16.9. The molecule has 0 bridgehead atoms. The predicted octanol–water partition coefficient (Wildman–Crippen LogP) is 3.61. The quantitative estimate of drug-likeness (QED) is 0.655. The van der Waals surface area contributed by atoms with E-state index in [1.54, 1.807) is 6.07 Å². The van der Waals surface area contributed by atoms with Crippen LogP contribution in [0.5, 0.6) is 0 Å². The van der Waals surface area contributed by atoms with E-state index in [0.717, 1.165) is 5.69 Å². The molecule has 0 aliphatic heterocycles. The predicted molar refractivity (Wildman–Crippen MR) is 72.9 cm³/mol. The molecule has 0 aromatic heterocycles. The molecule has 98 valence electrons. The lowest BCUT2D eigenvalue weighted by atomic mass is 10.1. The van der Waals surface area contributed by atoms with E-state index < -0.39 is 0 Å². The van der Waals surface area contributed by atoms with Crippen LogP contribution in [0.2, 0.25) is 0 Å². The summed E-state index contributed by atoms with van der Waals surface area (Å²) in [5, 5.41) is 3.53. The summed E-state index contributed by atoms with van der Waals surface area (Å²) < 4.78 is 4.73. The zero-order chi connectivity index (χ0) is 12.8. The van der Waals surface area contributed by atoms with Gasteiger partial charge in [0.15, 0.2) is 0 Å². The van der Waals surface area contributed by atoms with Crippen molar-refractivity contribution < 1.29 is 9.53 Å². The number of hydrogen-bond acceptors (Lipinski definition) is 3. The van der Waals surface area contributed by atoms with E-state index in [9.17, 15) is 4.79 Å². The lowest BCUT2D eigenvalue weighted by molar-refractivity contribution is 0.0601. The van der Waals surface area contributed by atoms with Gasteiger partial charge >= 0.3 is 5.97 Å². The van der Waals surface area contributed by atoms with E-state index in [-0.39, 0.29) is 5.97 Å². The minimum atomic E-state index is -0.278. The molecule has 1 N–H and O–H groups in total. The van der Waals surface area contributed by atoms with Crippen molar-refractivity contribution in [1.29, 1.82) is 0 Å². The highest BCUT2D eigenvalue weighted by molar-refractivity contribution is 5.90. The number of benzene rings is 1. The summed E-state index contributed by atoms with van der Waals surface area (Å²) >= 11 is 0. The van der Waals surface area contributed by atoms with Gasteiger partial charge in [0.05, 0.1) is 12.7 Å². The number of nitrogens with one attached hydrogen (secondary N) is 1. The molecule has 1 aromatic carbocycles. The van der Waals surface area contributed by atoms with Crippen LogP contribution >= 0.6 is 0 Å². The zero-order valence-electron chi connectivity index (χ0n) is 10.9. The smallest absolute Gasteiger partial charge is 0.337 e. The molecule has 3 heteroatoms. The Morgan fingerprint density at radius 3 is 2.61 bits per heavy atom. The molecule has 0 atom stereocenters. The van der Waals surface area contributed by atoms with Gasteiger partial charge in [0, 0.05) is 11.7 Å². The monoisotopic (exact) mass is 247 g/mol. The largest absolute Gasteiger partial charge is 0.465 e. The third-order valence-corrected chi connectivity index (χ3v) is 3.51. The summed E-state index contributed by atoms with van der Waals surface area (Å²) in [7, 11) is 1.41. The first kappa shape index (κ1) is 12.9. The molecule has 3 nitrogen and oxygen atoms in total. The molecule has 0 spiro atoms. The Kier molecular flexibility index (Phi) is 4.62. The Balaban J connectivity index is 2.01. The second-order valence-electron chi connectivity index (χ2n) is 4.91. The fraction of sp³-hybridized carbons (Fsp3) is 0.533. The zero-order valence-corrected chi connectivity index (χ0v) is 10.9. The summed E-state index contributed by atoms with van der Waals surface area (Å²) in [6, 6.07) is 8.10. The SMILES string of the molecule is COC(=O)c1cccc(NC2CCCCCC2)c1. The molecule has 1 aliphatic rings. The van der Waals surface area contributed by atoms with Crippen molar-refractivity contribution in [2.24, 2.45) is 0 Å². The Labute approximate surface area is 109 Å². The summed E-state index contributed by atoms with van der Waals surface area (Å²) in [4.78, 5) is 11.5. The first-order chi connectivity index (χ1) is 8.79. The molecular weight excluding hydrogens is 226 g/mol. The van der Waals surface area contributed by atoms with Gasteiger partial charge in [0.1, 0.15) is 0 Å². The van der Waals surface area contributed by atoms with Gasteiger partial charge in [-0.3, -0.25) is 0 Å². The van der Waals surface area contributed by atoms with Gasteiger partial charge in [-0.25, -0.2) is 4.79 Å². The standard InChI is InChI=1S/C15H21NO2/c1-18-15(17)12-7-6-10-14(11-12)16-13-8-4-2-3-5-9-13/h6-7,10-11,13,16H,2-5,8-9H2,1H3. The maximum Gasteiger partial charge on any atom is 0.337 e. The Bertz CT molecular complexity index is 395. The van der Waals surface area contributed by atoms with Gasteiger partial charge < -0.3 is 10.1 Å². The molecule has 0 saturated heterocycles. The van der Waals surface area contributed by atoms with Crippen molar-refractivity contribution in [3.63, 3.8) is 0 Å². The number of carbonyl (C=O) groups excluding carboxylic acids is 1. The summed E-state index contributed by atoms with van der Waals surface area (Å²) in [6.45, 7) is 0. The van der Waals surface area contributed by atoms with Gasteiger partial charge in [-0.1, -0.05) is 31.7 Å². The molecule has 0 radical (unpaired) electrons. The van der Waals surface area contributed by atoms with Crippen LogP contribution in [0.4, 0.5) is 5.69 Å². The molecule has 1 aromatic rings. The van der Waals surface area contributed by atoms with Crippen LogP contribution in [-0.2, 0) is 4.74 Å². The van der Waals surface area contributed by atoms with Crippen LogP contribution in [0.15, 0.2) is 24.3 Å². The van der Waals surface area contributed by atoms with Crippen molar-refractivity contribution in [3.8, 4) is 0 Å². The molecule has 0 heterocycles. The van der Waals surface area contributed by atoms with E-state index in [1.807, 2.05) is 18.2 Å². The molecule has 0 unspecified atom stereocenters. The van der Waals surface area contributed by atoms with Crippen molar-refractivity contribution in [1.82, 2.24) is 0 Å². The highest BCUT2D eigenvalue weighted by atomic mass is 16.5. The number of carbonyl (C=O) groups is 1. The molecule has 18 heavy (non-hydrogen) atoms. The average Bonchev–Trinajstić information content (AvgIpc) is 2.67. The summed E-state index contributed by atoms with van der Waals surface area (Å²) in [5.74, 6) is -0.278. The molecule has 1 aliphatic carbocycles. The lowest BCUT2D eigenvalue weighted by Crippen LogP contribution is -2.18. The van der Waals surface area contributed by atoms with Crippen molar-refractivity contribution in [2.45, 2.75) is 44.6 Å². The van der Waals surface area contributed by atoms with Crippen LogP contribution in [0, 0.1) is 0 Å². The van der Waals surface area contributed by atoms with Crippen LogP contribution < -0.4 is 5.32 Å². The number of anilines is 1. The highest BCUT2D eigenvalue weighted by Crippen LogP contribution is 2.21. The number of hydrogen-bond donors (Lipinski definition) is 1. The minimum absolute atomic E-state index is 0.278. The fourth-order valence-electron chi connectivity index (χ4n) is 2.51. The lowest BCUT2D eigenvalue weighted by Gasteiger charge is -2.17. The van der Waals surface area contributed by atoms with E-state index in [0.29, 0.717) is 11.6 Å². The second kappa shape index (κ2) is 6.43. The molecule has 2 rings (SSSR count). The van der Waals surface area contributed by atoms with Crippen LogP contribution in [0.3, 0.4) is 0 Å². The number of rotatable bonds is 3. The summed E-state index contributed by atoms with van der Waals surface area (Å²) in [6.07, 6.45) is 7.74. The first-order valence-corrected chi connectivity index (χ1v) is 6.74. The highest BCUT2D eigenvalue weighted by Gasteiger charge is 2.12. The number of ether oxygens (including phenoxy) is 1. The molecule has 0 amide bonds. The third-order valence-electron chi connectivity index (χ3n) is 3.51. The molecule has 1 fully saturated rings. The Hall–Kier alpha value is -1.51. The fourth-order valence-corrected chi connectivity index (χ4v) is 2.51. The van der Waals surface area contributed by atoms with Crippen LogP contribution in [0.25, 0.3) is 0 Å². The van der Waals surface area contributed by atoms with Gasteiger partial charge in [0.25, 0.3) is 0 Å². The van der Waals surface area contributed by atoms with Crippen molar-refractivity contribution in [3.05, 3.63) is 29.8 Å². The van der Waals surface area contributed by atoms with Gasteiger partial charge in [-0.05, 0) is 31.0 Å². The Morgan fingerprint density at radius 2 is 1.94 bits per heavy atom. The number of methoxy groups -OCH3 is 1. The van der Waals surface area contributed by atoms with E-state index in [1.165, 1.54) is 45.6 Å². The van der Waals surface area contributed by atoms with Crippen LogP contribution in [-0.4, -0.2) is 19.1 Å². The van der Waals surface area contributed by atoms with Gasteiger partial charge in [0.2, 0.25) is 0 Å².